The third kappa shape index (κ3) is 8.75. The fourth-order valence-corrected chi connectivity index (χ4v) is 4.44. The highest BCUT2D eigenvalue weighted by Crippen LogP contribution is 2.22. The van der Waals surface area contributed by atoms with E-state index in [4.69, 9.17) is 0 Å². The van der Waals surface area contributed by atoms with Crippen molar-refractivity contribution in [3.8, 4) is 0 Å². The Morgan fingerprint density at radius 3 is 2.09 bits per heavy atom. The van der Waals surface area contributed by atoms with Crippen LogP contribution in [-0.2, 0) is 15.0 Å². The highest BCUT2D eigenvalue weighted by molar-refractivity contribution is 5.94. The van der Waals surface area contributed by atoms with E-state index >= 15 is 0 Å². The molecular formula is C27H44N4O3. The van der Waals surface area contributed by atoms with Crippen LogP contribution in [-0.4, -0.2) is 74.3 Å². The normalized spacial score (nSPS) is 15.4. The maximum absolute atomic E-state index is 12.6. The highest BCUT2D eigenvalue weighted by Gasteiger charge is 2.28. The van der Waals surface area contributed by atoms with E-state index in [2.05, 4.69) is 50.2 Å². The van der Waals surface area contributed by atoms with Crippen LogP contribution in [0.25, 0.3) is 0 Å². The fraction of sp³-hybridized carbons (Fsp3) is 0.667. The number of carbonyl (C=O) groups excluding carboxylic acids is 3. The number of carbonyl (C=O) groups is 3. The molecule has 34 heavy (non-hydrogen) atoms. The number of nitrogens with zero attached hydrogens (tertiary/aromatic N) is 2. The van der Waals surface area contributed by atoms with Crippen molar-refractivity contribution in [2.45, 2.75) is 59.3 Å². The van der Waals surface area contributed by atoms with Crippen molar-refractivity contribution in [3.05, 3.63) is 35.4 Å². The van der Waals surface area contributed by atoms with Crippen molar-refractivity contribution < 1.29 is 14.4 Å². The lowest BCUT2D eigenvalue weighted by Gasteiger charge is -2.33. The van der Waals surface area contributed by atoms with E-state index in [1.807, 2.05) is 43.3 Å². The van der Waals surface area contributed by atoms with Gasteiger partial charge in [0.15, 0.2) is 0 Å². The van der Waals surface area contributed by atoms with Gasteiger partial charge < -0.3 is 20.4 Å². The van der Waals surface area contributed by atoms with E-state index in [1.165, 1.54) is 5.56 Å². The van der Waals surface area contributed by atoms with Gasteiger partial charge >= 0.3 is 0 Å². The summed E-state index contributed by atoms with van der Waals surface area (Å²) in [5, 5.41) is 5.94. The predicted octanol–water partition coefficient (Wildman–Crippen LogP) is 3.05. The van der Waals surface area contributed by atoms with E-state index in [0.29, 0.717) is 44.6 Å². The molecule has 0 aliphatic carbocycles. The Morgan fingerprint density at radius 2 is 1.56 bits per heavy atom. The first-order valence-electron chi connectivity index (χ1n) is 12.4. The molecule has 0 spiro atoms. The molecule has 3 amide bonds. The molecule has 190 valence electrons. The summed E-state index contributed by atoms with van der Waals surface area (Å²) in [7, 11) is 4.07. The van der Waals surface area contributed by atoms with Crippen LogP contribution in [0, 0.1) is 11.3 Å². The lowest BCUT2D eigenvalue weighted by molar-refractivity contribution is -0.135. The Bertz CT molecular complexity index is 832. The number of hydrogen-bond donors (Lipinski definition) is 2. The average molecular weight is 473 g/mol. The van der Waals surface area contributed by atoms with Crippen LogP contribution in [0.1, 0.15) is 69.8 Å². The summed E-state index contributed by atoms with van der Waals surface area (Å²) in [5.41, 5.74) is 1.82. The molecule has 0 aromatic heterocycles. The first-order valence-corrected chi connectivity index (χ1v) is 12.4. The van der Waals surface area contributed by atoms with Crippen LogP contribution in [0.15, 0.2) is 24.3 Å². The van der Waals surface area contributed by atoms with Gasteiger partial charge in [-0.1, -0.05) is 46.8 Å². The summed E-state index contributed by atoms with van der Waals surface area (Å²) < 4.78 is 0. The second kappa shape index (κ2) is 11.8. The van der Waals surface area contributed by atoms with Crippen molar-refractivity contribution in [2.75, 3.05) is 46.8 Å². The molecule has 0 atom stereocenters. The molecule has 1 aromatic rings. The molecule has 0 radical (unpaired) electrons. The maximum atomic E-state index is 12.6. The first kappa shape index (κ1) is 27.8. The topological polar surface area (TPSA) is 81.8 Å². The molecule has 2 N–H and O–H groups in total. The molecule has 1 aliphatic heterocycles. The lowest BCUT2D eigenvalue weighted by Crippen LogP contribution is -2.46. The standard InChI is InChI=1S/C27H44N4O3/c1-26(2,3)22-10-8-20(9-11-22)24(33)28-15-12-23(32)31-16-13-21(14-17-31)25(34)29-18-27(4,5)19-30(6)7/h8-11,21H,12-19H2,1-7H3,(H,28,33)(H,29,34). The van der Waals surface area contributed by atoms with E-state index in [-0.39, 0.29) is 40.9 Å². The van der Waals surface area contributed by atoms with Gasteiger partial charge in [-0.2, -0.15) is 0 Å². The average Bonchev–Trinajstić information content (AvgIpc) is 2.76. The SMILES string of the molecule is CN(C)CC(C)(C)CNC(=O)C1CCN(C(=O)CCNC(=O)c2ccc(C(C)(C)C)cc2)CC1. The minimum absolute atomic E-state index is 0.00882. The minimum Gasteiger partial charge on any atom is -0.355 e. The van der Waals surface area contributed by atoms with Gasteiger partial charge in [-0.3, -0.25) is 14.4 Å². The van der Waals surface area contributed by atoms with Crippen LogP contribution < -0.4 is 10.6 Å². The Balaban J connectivity index is 1.70. The monoisotopic (exact) mass is 472 g/mol. The molecule has 1 aliphatic rings. The van der Waals surface area contributed by atoms with E-state index < -0.39 is 0 Å². The molecule has 1 saturated heterocycles. The number of likely N-dealkylation sites (tertiary alicyclic amines) is 1. The summed E-state index contributed by atoms with van der Waals surface area (Å²) in [4.78, 5) is 41.5. The van der Waals surface area contributed by atoms with Gasteiger partial charge in [-0.15, -0.1) is 0 Å². The number of benzene rings is 1. The van der Waals surface area contributed by atoms with Crippen LogP contribution in [0.4, 0.5) is 0 Å². The van der Waals surface area contributed by atoms with Crippen molar-refractivity contribution in [1.29, 1.82) is 0 Å². The van der Waals surface area contributed by atoms with Gasteiger partial charge in [0.1, 0.15) is 0 Å². The lowest BCUT2D eigenvalue weighted by atomic mass is 9.87. The summed E-state index contributed by atoms with van der Waals surface area (Å²) in [6.07, 6.45) is 1.62. The van der Waals surface area contributed by atoms with Gasteiger partial charge in [-0.25, -0.2) is 0 Å². The molecule has 1 fully saturated rings. The zero-order chi connectivity index (χ0) is 25.5. The Hall–Kier alpha value is -2.41. The second-order valence-corrected chi connectivity index (χ2v) is 11.6. The molecule has 1 aromatic carbocycles. The summed E-state index contributed by atoms with van der Waals surface area (Å²) >= 11 is 0. The van der Waals surface area contributed by atoms with Crippen LogP contribution in [0.5, 0.6) is 0 Å². The molecule has 0 bridgehead atoms. The van der Waals surface area contributed by atoms with E-state index in [1.54, 1.807) is 0 Å². The van der Waals surface area contributed by atoms with Crippen molar-refractivity contribution >= 4 is 17.7 Å². The van der Waals surface area contributed by atoms with Crippen molar-refractivity contribution in [3.63, 3.8) is 0 Å². The van der Waals surface area contributed by atoms with Gasteiger partial charge in [-0.05, 0) is 55.5 Å². The maximum Gasteiger partial charge on any atom is 0.251 e. The highest BCUT2D eigenvalue weighted by atomic mass is 16.2. The largest absolute Gasteiger partial charge is 0.355 e. The smallest absolute Gasteiger partial charge is 0.251 e. The number of hydrogen-bond acceptors (Lipinski definition) is 4. The molecule has 2 rings (SSSR count). The van der Waals surface area contributed by atoms with E-state index in [0.717, 1.165) is 6.54 Å². The third-order valence-electron chi connectivity index (χ3n) is 6.34. The summed E-state index contributed by atoms with van der Waals surface area (Å²) in [6, 6.07) is 7.61. The quantitative estimate of drug-likeness (QED) is 0.579. The minimum atomic E-state index is -0.166. The number of nitrogens with one attached hydrogen (secondary N) is 2. The van der Waals surface area contributed by atoms with Gasteiger partial charge in [0.25, 0.3) is 5.91 Å². The zero-order valence-corrected chi connectivity index (χ0v) is 22.2. The molecule has 7 nitrogen and oxygen atoms in total. The number of amides is 3. The van der Waals surface area contributed by atoms with Crippen molar-refractivity contribution in [2.24, 2.45) is 11.3 Å². The summed E-state index contributed by atoms with van der Waals surface area (Å²) in [6.45, 7) is 13.7. The second-order valence-electron chi connectivity index (χ2n) is 11.6. The third-order valence-corrected chi connectivity index (χ3v) is 6.34. The Morgan fingerprint density at radius 1 is 0.971 bits per heavy atom. The van der Waals surface area contributed by atoms with E-state index in [9.17, 15) is 14.4 Å². The number of piperidine rings is 1. The van der Waals surface area contributed by atoms with Gasteiger partial charge in [0.2, 0.25) is 11.8 Å². The molecule has 0 saturated carbocycles. The number of rotatable bonds is 9. The molecule has 0 unspecified atom stereocenters. The molecule has 7 heteroatoms. The van der Waals surface area contributed by atoms with Crippen LogP contribution in [0.3, 0.4) is 0 Å². The Kier molecular flexibility index (Phi) is 9.68. The molecular weight excluding hydrogens is 428 g/mol. The Labute approximate surface area is 205 Å². The van der Waals surface area contributed by atoms with Gasteiger partial charge in [0.05, 0.1) is 0 Å². The van der Waals surface area contributed by atoms with Crippen LogP contribution >= 0.6 is 0 Å². The van der Waals surface area contributed by atoms with Crippen LogP contribution in [0.2, 0.25) is 0 Å². The zero-order valence-electron chi connectivity index (χ0n) is 22.2. The first-order chi connectivity index (χ1) is 15.8. The summed E-state index contributed by atoms with van der Waals surface area (Å²) in [5.74, 6) is -0.103. The molecule has 1 heterocycles. The van der Waals surface area contributed by atoms with Gasteiger partial charge in [0, 0.05) is 50.6 Å². The van der Waals surface area contributed by atoms with Crippen molar-refractivity contribution in [1.82, 2.24) is 20.4 Å². The fourth-order valence-electron chi connectivity index (χ4n) is 4.44. The predicted molar refractivity (Wildman–Crippen MR) is 137 cm³/mol.